The average molecular weight is 321 g/mol. The van der Waals surface area contributed by atoms with Gasteiger partial charge in [-0.3, -0.25) is 4.79 Å². The second kappa shape index (κ2) is 10.1. The van der Waals surface area contributed by atoms with Crippen LogP contribution in [0.3, 0.4) is 0 Å². The average Bonchev–Trinajstić information content (AvgIpc) is 2.66. The van der Waals surface area contributed by atoms with Crippen molar-refractivity contribution in [2.24, 2.45) is 0 Å². The molecule has 0 saturated carbocycles. The van der Waals surface area contributed by atoms with E-state index >= 15 is 0 Å². The molecule has 0 heterocycles. The Hall–Kier alpha value is -1.89. The Labute approximate surface area is 147 Å². The first-order chi connectivity index (χ1) is 11.8. The summed E-state index contributed by atoms with van der Waals surface area (Å²) in [5, 5.41) is 0. The Morgan fingerprint density at radius 1 is 0.708 bits per heavy atom. The normalized spacial score (nSPS) is 11.4. The van der Waals surface area contributed by atoms with Gasteiger partial charge < -0.3 is 0 Å². The topological polar surface area (TPSA) is 17.1 Å². The van der Waals surface area contributed by atoms with Crippen molar-refractivity contribution < 1.29 is 4.79 Å². The van der Waals surface area contributed by atoms with Gasteiger partial charge in [0.05, 0.1) is 5.41 Å². The summed E-state index contributed by atoms with van der Waals surface area (Å²) in [6, 6.07) is 20.3. The van der Waals surface area contributed by atoms with E-state index in [1.54, 1.807) is 0 Å². The fourth-order valence-corrected chi connectivity index (χ4v) is 3.42. The lowest BCUT2D eigenvalue weighted by Gasteiger charge is -2.28. The van der Waals surface area contributed by atoms with Gasteiger partial charge in [0.25, 0.3) is 0 Å². The molecule has 2 aromatic carbocycles. The van der Waals surface area contributed by atoms with E-state index in [0.717, 1.165) is 24.0 Å². The molecule has 0 amide bonds. The van der Waals surface area contributed by atoms with E-state index < -0.39 is 5.41 Å². The summed E-state index contributed by atoms with van der Waals surface area (Å²) in [5.41, 5.74) is 1.47. The Morgan fingerprint density at radius 2 is 1.17 bits per heavy atom. The van der Waals surface area contributed by atoms with Crippen molar-refractivity contribution in [3.05, 3.63) is 71.8 Å². The zero-order valence-corrected chi connectivity index (χ0v) is 14.8. The molecule has 2 aromatic rings. The van der Waals surface area contributed by atoms with Gasteiger partial charge in [0.1, 0.15) is 0 Å². The van der Waals surface area contributed by atoms with Gasteiger partial charge in [-0.05, 0) is 17.5 Å². The van der Waals surface area contributed by atoms with Crippen molar-refractivity contribution in [1.29, 1.82) is 0 Å². The highest BCUT2D eigenvalue weighted by Gasteiger charge is 2.34. The number of rotatable bonds is 11. The maximum Gasteiger partial charge on any atom is 0.214 e. The summed E-state index contributed by atoms with van der Waals surface area (Å²) in [7, 11) is 0. The highest BCUT2D eigenvalue weighted by atomic mass is 16.1. The standard InChI is InChI=1S/C23H29O/c1-2-3-4-5-6-7-14-19-23(20-24,21-15-10-8-11-16-21)22-17-12-9-13-18-22/h8-13,15-18H,2-7,14,19H2,1H3. The van der Waals surface area contributed by atoms with Crippen molar-refractivity contribution in [3.63, 3.8) is 0 Å². The van der Waals surface area contributed by atoms with Crippen LogP contribution in [0.25, 0.3) is 0 Å². The molecule has 0 aliphatic carbocycles. The second-order valence-electron chi connectivity index (χ2n) is 6.61. The molecule has 0 saturated heterocycles. The smallest absolute Gasteiger partial charge is 0.214 e. The predicted octanol–water partition coefficient (Wildman–Crippen LogP) is 6.22. The Balaban J connectivity index is 2.08. The lowest BCUT2D eigenvalue weighted by Crippen LogP contribution is -2.29. The quantitative estimate of drug-likeness (QED) is 0.449. The minimum atomic E-state index is -0.633. The summed E-state index contributed by atoms with van der Waals surface area (Å²) in [5.74, 6) is 0. The lowest BCUT2D eigenvalue weighted by molar-refractivity contribution is 0.478. The van der Waals surface area contributed by atoms with Gasteiger partial charge in [-0.25, -0.2) is 0 Å². The van der Waals surface area contributed by atoms with E-state index in [9.17, 15) is 4.79 Å². The van der Waals surface area contributed by atoms with Crippen LogP contribution in [0, 0.1) is 0 Å². The largest absolute Gasteiger partial charge is 0.289 e. The molecule has 24 heavy (non-hydrogen) atoms. The molecule has 0 N–H and O–H groups in total. The van der Waals surface area contributed by atoms with Gasteiger partial charge in [-0.15, -0.1) is 0 Å². The van der Waals surface area contributed by atoms with Crippen LogP contribution in [0.4, 0.5) is 0 Å². The van der Waals surface area contributed by atoms with Crippen LogP contribution in [0.15, 0.2) is 60.7 Å². The molecule has 0 aliphatic rings. The maximum atomic E-state index is 12.1. The first kappa shape index (κ1) is 18.4. The zero-order valence-electron chi connectivity index (χ0n) is 14.8. The Kier molecular flexibility index (Phi) is 7.74. The van der Waals surface area contributed by atoms with Gasteiger partial charge >= 0.3 is 0 Å². The van der Waals surface area contributed by atoms with Crippen molar-refractivity contribution in [2.45, 2.75) is 63.7 Å². The predicted molar refractivity (Wildman–Crippen MR) is 102 cm³/mol. The van der Waals surface area contributed by atoms with Gasteiger partial charge in [-0.1, -0.05) is 113 Å². The fraction of sp³-hybridized carbons (Fsp3) is 0.435. The highest BCUT2D eigenvalue weighted by Crippen LogP contribution is 2.35. The molecule has 0 aromatic heterocycles. The summed E-state index contributed by atoms with van der Waals surface area (Å²) in [4.78, 5) is 12.1. The summed E-state index contributed by atoms with van der Waals surface area (Å²) >= 11 is 0. The molecule has 0 fully saturated rings. The Bertz CT molecular complexity index is 534. The van der Waals surface area contributed by atoms with Crippen molar-refractivity contribution in [1.82, 2.24) is 0 Å². The maximum absolute atomic E-state index is 12.1. The molecule has 1 nitrogen and oxygen atoms in total. The number of unbranched alkanes of at least 4 members (excludes halogenated alkanes) is 6. The van der Waals surface area contributed by atoms with Crippen LogP contribution in [0.2, 0.25) is 0 Å². The van der Waals surface area contributed by atoms with Gasteiger partial charge in [0, 0.05) is 0 Å². The minimum absolute atomic E-state index is 0.633. The third kappa shape index (κ3) is 4.80. The molecule has 0 unspecified atom stereocenters. The number of hydrogen-bond donors (Lipinski definition) is 0. The summed E-state index contributed by atoms with van der Waals surface area (Å²) in [6.07, 6.45) is 12.0. The first-order valence-electron chi connectivity index (χ1n) is 9.34. The highest BCUT2D eigenvalue weighted by molar-refractivity contribution is 5.75. The van der Waals surface area contributed by atoms with E-state index in [1.165, 1.54) is 38.5 Å². The van der Waals surface area contributed by atoms with Crippen LogP contribution in [-0.2, 0) is 10.2 Å². The minimum Gasteiger partial charge on any atom is -0.289 e. The van der Waals surface area contributed by atoms with Crippen LogP contribution in [0.1, 0.15) is 69.4 Å². The van der Waals surface area contributed by atoms with E-state index in [2.05, 4.69) is 37.5 Å². The molecule has 1 radical (unpaired) electrons. The summed E-state index contributed by atoms with van der Waals surface area (Å²) in [6.45, 7) is 2.24. The van der Waals surface area contributed by atoms with Crippen molar-refractivity contribution >= 4 is 6.29 Å². The molecule has 0 atom stereocenters. The van der Waals surface area contributed by atoms with Crippen LogP contribution >= 0.6 is 0 Å². The van der Waals surface area contributed by atoms with Gasteiger partial charge in [0.2, 0.25) is 6.29 Å². The molecular formula is C23H29O. The lowest BCUT2D eigenvalue weighted by atomic mass is 9.72. The van der Waals surface area contributed by atoms with Crippen LogP contribution < -0.4 is 0 Å². The third-order valence-electron chi connectivity index (χ3n) is 4.86. The SMILES string of the molecule is CCCCCCCCCC([C]=O)(c1ccccc1)c1ccccc1. The molecule has 0 bridgehead atoms. The van der Waals surface area contributed by atoms with E-state index in [4.69, 9.17) is 0 Å². The van der Waals surface area contributed by atoms with E-state index in [1.807, 2.05) is 36.4 Å². The molecule has 2 rings (SSSR count). The van der Waals surface area contributed by atoms with E-state index in [0.29, 0.717) is 0 Å². The van der Waals surface area contributed by atoms with E-state index in [-0.39, 0.29) is 0 Å². The zero-order chi connectivity index (χ0) is 17.1. The third-order valence-corrected chi connectivity index (χ3v) is 4.86. The Morgan fingerprint density at radius 3 is 1.62 bits per heavy atom. The molecular weight excluding hydrogens is 292 g/mol. The molecule has 127 valence electrons. The van der Waals surface area contributed by atoms with Crippen LogP contribution in [-0.4, -0.2) is 6.29 Å². The van der Waals surface area contributed by atoms with Gasteiger partial charge in [0.15, 0.2) is 0 Å². The molecule has 0 aliphatic heterocycles. The fourth-order valence-electron chi connectivity index (χ4n) is 3.42. The van der Waals surface area contributed by atoms with Gasteiger partial charge in [-0.2, -0.15) is 0 Å². The number of benzene rings is 2. The number of carbonyl (C=O) groups excluding carboxylic acids is 1. The number of hydrogen-bond acceptors (Lipinski definition) is 1. The molecule has 1 heteroatoms. The summed E-state index contributed by atoms with van der Waals surface area (Å²) < 4.78 is 0. The second-order valence-corrected chi connectivity index (χ2v) is 6.61. The van der Waals surface area contributed by atoms with Crippen molar-refractivity contribution in [2.75, 3.05) is 0 Å². The first-order valence-corrected chi connectivity index (χ1v) is 9.34. The molecule has 0 spiro atoms. The van der Waals surface area contributed by atoms with Crippen molar-refractivity contribution in [3.8, 4) is 0 Å². The van der Waals surface area contributed by atoms with Crippen LogP contribution in [0.5, 0.6) is 0 Å². The monoisotopic (exact) mass is 321 g/mol.